The van der Waals surface area contributed by atoms with E-state index in [2.05, 4.69) is 10.2 Å². The van der Waals surface area contributed by atoms with E-state index in [1.165, 1.54) is 21.3 Å². The number of carbonyl (C=O) groups excluding carboxylic acids is 1. The van der Waals surface area contributed by atoms with Crippen LogP contribution in [0.1, 0.15) is 0 Å². The van der Waals surface area contributed by atoms with Gasteiger partial charge in [0.2, 0.25) is 10.0 Å². The monoisotopic (exact) mass is 326 g/mol. The van der Waals surface area contributed by atoms with Crippen LogP contribution in [0.3, 0.4) is 0 Å². The standard InChI is InChI=1S/C14H22N4O3S/c1-16(2)14(19)15-12-4-6-13(7-5-12)22(20,21)18-10-8-17(3)9-11-18/h4-7H,8-11H2,1-3H3,(H,15,19). The lowest BCUT2D eigenvalue weighted by Crippen LogP contribution is -2.46. The zero-order valence-corrected chi connectivity index (χ0v) is 13.9. The molecule has 0 saturated carbocycles. The van der Waals surface area contributed by atoms with Crippen LogP contribution >= 0.6 is 0 Å². The van der Waals surface area contributed by atoms with Crippen LogP contribution in [0, 0.1) is 0 Å². The number of hydrogen-bond acceptors (Lipinski definition) is 4. The van der Waals surface area contributed by atoms with Gasteiger partial charge in [0.15, 0.2) is 0 Å². The molecule has 1 saturated heterocycles. The van der Waals surface area contributed by atoms with Crippen LogP contribution in [0.25, 0.3) is 0 Å². The number of likely N-dealkylation sites (N-methyl/N-ethyl adjacent to an activating group) is 1. The molecule has 1 aromatic rings. The van der Waals surface area contributed by atoms with Crippen molar-refractivity contribution in [1.29, 1.82) is 0 Å². The van der Waals surface area contributed by atoms with Crippen LogP contribution in [0.4, 0.5) is 10.5 Å². The van der Waals surface area contributed by atoms with Crippen LogP contribution in [-0.2, 0) is 10.0 Å². The molecule has 0 aromatic heterocycles. The third kappa shape index (κ3) is 3.76. The van der Waals surface area contributed by atoms with E-state index in [-0.39, 0.29) is 10.9 Å². The molecule has 2 rings (SSSR count). The maximum absolute atomic E-state index is 12.5. The molecule has 0 unspecified atom stereocenters. The van der Waals surface area contributed by atoms with Crippen LogP contribution in [0.5, 0.6) is 0 Å². The van der Waals surface area contributed by atoms with Gasteiger partial charge in [-0.15, -0.1) is 0 Å². The maximum atomic E-state index is 12.5. The summed E-state index contributed by atoms with van der Waals surface area (Å²) in [4.78, 5) is 15.3. The molecule has 0 atom stereocenters. The summed E-state index contributed by atoms with van der Waals surface area (Å²) in [6, 6.07) is 6.00. The first-order chi connectivity index (χ1) is 10.3. The minimum atomic E-state index is -3.46. The van der Waals surface area contributed by atoms with Crippen molar-refractivity contribution in [3.05, 3.63) is 24.3 Å². The van der Waals surface area contributed by atoms with Gasteiger partial charge < -0.3 is 15.1 Å². The number of nitrogens with one attached hydrogen (secondary N) is 1. The summed E-state index contributed by atoms with van der Waals surface area (Å²) < 4.78 is 26.6. The zero-order chi connectivity index (χ0) is 16.3. The number of carbonyl (C=O) groups is 1. The SMILES string of the molecule is CN1CCN(S(=O)(=O)c2ccc(NC(=O)N(C)C)cc2)CC1. The summed E-state index contributed by atoms with van der Waals surface area (Å²) in [5.74, 6) is 0. The van der Waals surface area contributed by atoms with Crippen molar-refractivity contribution < 1.29 is 13.2 Å². The molecule has 0 bridgehead atoms. The maximum Gasteiger partial charge on any atom is 0.321 e. The van der Waals surface area contributed by atoms with Gasteiger partial charge in [-0.25, -0.2) is 13.2 Å². The Bertz CT molecular complexity index is 620. The van der Waals surface area contributed by atoms with Gasteiger partial charge in [-0.3, -0.25) is 0 Å². The second-order valence-electron chi connectivity index (χ2n) is 5.56. The third-order valence-electron chi connectivity index (χ3n) is 3.61. The van der Waals surface area contributed by atoms with E-state index in [1.807, 2.05) is 7.05 Å². The number of sulfonamides is 1. The second kappa shape index (κ2) is 6.64. The molecule has 0 radical (unpaired) electrons. The van der Waals surface area contributed by atoms with Crippen molar-refractivity contribution >= 4 is 21.7 Å². The number of amides is 2. The summed E-state index contributed by atoms with van der Waals surface area (Å²) in [6.45, 7) is 2.46. The molecular weight excluding hydrogens is 304 g/mol. The molecule has 0 spiro atoms. The van der Waals surface area contributed by atoms with Crippen molar-refractivity contribution in [2.24, 2.45) is 0 Å². The van der Waals surface area contributed by atoms with E-state index in [0.717, 1.165) is 13.1 Å². The van der Waals surface area contributed by atoms with Gasteiger partial charge in [-0.05, 0) is 31.3 Å². The molecule has 122 valence electrons. The van der Waals surface area contributed by atoms with E-state index < -0.39 is 10.0 Å². The number of anilines is 1. The van der Waals surface area contributed by atoms with Gasteiger partial charge in [-0.1, -0.05) is 0 Å². The molecule has 0 aliphatic carbocycles. The largest absolute Gasteiger partial charge is 0.331 e. The Kier molecular flexibility index (Phi) is 5.05. The Hall–Kier alpha value is -1.64. The average Bonchev–Trinajstić information content (AvgIpc) is 2.48. The lowest BCUT2D eigenvalue weighted by atomic mass is 10.3. The van der Waals surface area contributed by atoms with Crippen molar-refractivity contribution in [2.75, 3.05) is 52.6 Å². The number of piperazine rings is 1. The van der Waals surface area contributed by atoms with Gasteiger partial charge in [0.05, 0.1) is 4.90 Å². The van der Waals surface area contributed by atoms with E-state index in [0.29, 0.717) is 18.8 Å². The van der Waals surface area contributed by atoms with Crippen molar-refractivity contribution in [3.63, 3.8) is 0 Å². The predicted molar refractivity (Wildman–Crippen MR) is 85.4 cm³/mol. The van der Waals surface area contributed by atoms with E-state index in [4.69, 9.17) is 0 Å². The average molecular weight is 326 g/mol. The van der Waals surface area contributed by atoms with Crippen LogP contribution in [-0.4, -0.2) is 75.9 Å². The van der Waals surface area contributed by atoms with Gasteiger partial charge in [0, 0.05) is 46.0 Å². The summed E-state index contributed by atoms with van der Waals surface area (Å²) in [5, 5.41) is 2.68. The van der Waals surface area contributed by atoms with Crippen molar-refractivity contribution in [3.8, 4) is 0 Å². The first kappa shape index (κ1) is 16.7. The fourth-order valence-electron chi connectivity index (χ4n) is 2.12. The molecule has 22 heavy (non-hydrogen) atoms. The Morgan fingerprint density at radius 1 is 1.09 bits per heavy atom. The number of benzene rings is 1. The molecular formula is C14H22N4O3S. The minimum absolute atomic E-state index is 0.250. The molecule has 1 aliphatic heterocycles. The first-order valence-corrected chi connectivity index (χ1v) is 8.52. The molecule has 1 fully saturated rings. The topological polar surface area (TPSA) is 73.0 Å². The van der Waals surface area contributed by atoms with Crippen LogP contribution in [0.15, 0.2) is 29.2 Å². The summed E-state index contributed by atoms with van der Waals surface area (Å²) in [7, 11) is 1.80. The van der Waals surface area contributed by atoms with Crippen molar-refractivity contribution in [2.45, 2.75) is 4.90 Å². The summed E-state index contributed by atoms with van der Waals surface area (Å²) in [6.07, 6.45) is 0. The second-order valence-corrected chi connectivity index (χ2v) is 7.49. The quantitative estimate of drug-likeness (QED) is 0.888. The highest BCUT2D eigenvalue weighted by molar-refractivity contribution is 7.89. The molecule has 7 nitrogen and oxygen atoms in total. The molecule has 1 aliphatic rings. The number of hydrogen-bond donors (Lipinski definition) is 1. The predicted octanol–water partition coefficient (Wildman–Crippen LogP) is 0.716. The molecule has 1 N–H and O–H groups in total. The van der Waals surface area contributed by atoms with E-state index >= 15 is 0 Å². The van der Waals surface area contributed by atoms with Gasteiger partial charge >= 0.3 is 6.03 Å². The Morgan fingerprint density at radius 3 is 2.14 bits per heavy atom. The zero-order valence-electron chi connectivity index (χ0n) is 13.1. The van der Waals surface area contributed by atoms with Gasteiger partial charge in [0.25, 0.3) is 0 Å². The van der Waals surface area contributed by atoms with Crippen LogP contribution < -0.4 is 5.32 Å². The minimum Gasteiger partial charge on any atom is -0.331 e. The summed E-state index contributed by atoms with van der Waals surface area (Å²) in [5.41, 5.74) is 0.566. The molecule has 2 amide bonds. The summed E-state index contributed by atoms with van der Waals surface area (Å²) >= 11 is 0. The smallest absolute Gasteiger partial charge is 0.321 e. The number of rotatable bonds is 3. The highest BCUT2D eigenvalue weighted by Gasteiger charge is 2.27. The van der Waals surface area contributed by atoms with E-state index in [1.54, 1.807) is 26.2 Å². The normalized spacial score (nSPS) is 17.2. The Morgan fingerprint density at radius 2 is 1.64 bits per heavy atom. The Labute approximate surface area is 131 Å². The molecule has 1 aromatic carbocycles. The highest BCUT2D eigenvalue weighted by Crippen LogP contribution is 2.19. The van der Waals surface area contributed by atoms with Crippen LogP contribution in [0.2, 0.25) is 0 Å². The lowest BCUT2D eigenvalue weighted by molar-refractivity contribution is 0.222. The van der Waals surface area contributed by atoms with Gasteiger partial charge in [-0.2, -0.15) is 4.31 Å². The fourth-order valence-corrected chi connectivity index (χ4v) is 3.55. The third-order valence-corrected chi connectivity index (χ3v) is 5.52. The van der Waals surface area contributed by atoms with Gasteiger partial charge in [0.1, 0.15) is 0 Å². The highest BCUT2D eigenvalue weighted by atomic mass is 32.2. The lowest BCUT2D eigenvalue weighted by Gasteiger charge is -2.31. The number of nitrogens with zero attached hydrogens (tertiary/aromatic N) is 3. The fraction of sp³-hybridized carbons (Fsp3) is 0.500. The Balaban J connectivity index is 2.10. The first-order valence-electron chi connectivity index (χ1n) is 7.08. The van der Waals surface area contributed by atoms with Crippen molar-refractivity contribution in [1.82, 2.24) is 14.1 Å². The molecule has 8 heteroatoms. The van der Waals surface area contributed by atoms with E-state index in [9.17, 15) is 13.2 Å². The molecule has 1 heterocycles. The number of urea groups is 1.